The summed E-state index contributed by atoms with van der Waals surface area (Å²) in [5.41, 5.74) is 4.18. The summed E-state index contributed by atoms with van der Waals surface area (Å²) in [4.78, 5) is 29.8. The number of amides is 1. The number of benzene rings is 2. The zero-order chi connectivity index (χ0) is 22.5. The third-order valence-electron chi connectivity index (χ3n) is 5.07. The van der Waals surface area contributed by atoms with Crippen molar-refractivity contribution in [2.24, 2.45) is 5.92 Å². The molecule has 0 bridgehead atoms. The van der Waals surface area contributed by atoms with Crippen molar-refractivity contribution < 1.29 is 9.59 Å². The maximum absolute atomic E-state index is 13.4. The topological polar surface area (TPSA) is 64.0 Å². The van der Waals surface area contributed by atoms with Gasteiger partial charge in [-0.2, -0.15) is 0 Å². The molecule has 1 N–H and O–H groups in total. The average Bonchev–Trinajstić information content (AvgIpc) is 2.99. The molecule has 3 aromatic rings. The van der Waals surface area contributed by atoms with Gasteiger partial charge < -0.3 is 9.88 Å². The standard InChI is InChI=1S/C25H29N3O2S/c1-16(2)15-28-18(4)17(3)26-25(28)31-23(20-10-7-6-8-11-20)24(30)27-22-13-9-12-21(14-22)19(5)29/h6-14,16,23H,15H2,1-5H3,(H,27,30). The Morgan fingerprint density at radius 3 is 2.42 bits per heavy atom. The van der Waals surface area contributed by atoms with Crippen molar-refractivity contribution in [1.82, 2.24) is 9.55 Å². The number of hydrogen-bond acceptors (Lipinski definition) is 4. The van der Waals surface area contributed by atoms with E-state index < -0.39 is 5.25 Å². The van der Waals surface area contributed by atoms with Gasteiger partial charge in [0.15, 0.2) is 10.9 Å². The van der Waals surface area contributed by atoms with Crippen LogP contribution in [0.2, 0.25) is 0 Å². The lowest BCUT2D eigenvalue weighted by molar-refractivity contribution is -0.115. The van der Waals surface area contributed by atoms with Crippen molar-refractivity contribution in [3.63, 3.8) is 0 Å². The summed E-state index contributed by atoms with van der Waals surface area (Å²) in [5.74, 6) is 0.281. The van der Waals surface area contributed by atoms with E-state index in [1.54, 1.807) is 24.3 Å². The second-order valence-electron chi connectivity index (χ2n) is 8.10. The Morgan fingerprint density at radius 2 is 1.77 bits per heavy atom. The van der Waals surface area contributed by atoms with E-state index in [9.17, 15) is 9.59 Å². The second-order valence-corrected chi connectivity index (χ2v) is 9.18. The predicted molar refractivity (Wildman–Crippen MR) is 127 cm³/mol. The largest absolute Gasteiger partial charge is 0.325 e. The first-order valence-corrected chi connectivity index (χ1v) is 11.3. The molecule has 2 aromatic carbocycles. The smallest absolute Gasteiger partial charge is 0.242 e. The predicted octanol–water partition coefficient (Wildman–Crippen LogP) is 5.83. The molecular weight excluding hydrogens is 406 g/mol. The Balaban J connectivity index is 1.93. The highest BCUT2D eigenvalue weighted by atomic mass is 32.2. The lowest BCUT2D eigenvalue weighted by Crippen LogP contribution is -2.20. The highest BCUT2D eigenvalue weighted by Crippen LogP contribution is 2.37. The summed E-state index contributed by atoms with van der Waals surface area (Å²) in [6.45, 7) is 10.8. The van der Waals surface area contributed by atoms with Crippen molar-refractivity contribution in [3.05, 3.63) is 77.1 Å². The molecule has 6 heteroatoms. The maximum atomic E-state index is 13.4. The van der Waals surface area contributed by atoms with Gasteiger partial charge in [0, 0.05) is 23.5 Å². The third kappa shape index (κ3) is 5.64. The highest BCUT2D eigenvalue weighted by molar-refractivity contribution is 8.00. The van der Waals surface area contributed by atoms with Gasteiger partial charge in [0.05, 0.1) is 5.69 Å². The Morgan fingerprint density at radius 1 is 1.06 bits per heavy atom. The number of nitrogens with one attached hydrogen (secondary N) is 1. The van der Waals surface area contributed by atoms with Crippen LogP contribution in [0.25, 0.3) is 0 Å². The summed E-state index contributed by atoms with van der Waals surface area (Å²) in [6, 6.07) is 16.7. The lowest BCUT2D eigenvalue weighted by Gasteiger charge is -2.19. The average molecular weight is 436 g/mol. The molecule has 31 heavy (non-hydrogen) atoms. The van der Waals surface area contributed by atoms with E-state index in [4.69, 9.17) is 4.98 Å². The number of anilines is 1. The maximum Gasteiger partial charge on any atom is 0.242 e. The van der Waals surface area contributed by atoms with E-state index >= 15 is 0 Å². The molecule has 3 rings (SSSR count). The van der Waals surface area contributed by atoms with E-state index in [1.807, 2.05) is 37.3 Å². The number of carbonyl (C=O) groups is 2. The van der Waals surface area contributed by atoms with Crippen LogP contribution in [0.4, 0.5) is 5.69 Å². The Bertz CT molecular complexity index is 1070. The highest BCUT2D eigenvalue weighted by Gasteiger charge is 2.26. The zero-order valence-electron chi connectivity index (χ0n) is 18.7. The van der Waals surface area contributed by atoms with Crippen LogP contribution in [0.1, 0.15) is 53.3 Å². The molecule has 0 spiro atoms. The summed E-state index contributed by atoms with van der Waals surface area (Å²) in [5, 5.41) is 3.35. The number of Topliss-reactive ketones (excluding diaryl/α,β-unsaturated/α-hetero) is 1. The van der Waals surface area contributed by atoms with Crippen LogP contribution in [0.15, 0.2) is 59.8 Å². The van der Waals surface area contributed by atoms with Crippen LogP contribution < -0.4 is 5.32 Å². The minimum atomic E-state index is -0.478. The Hall–Kier alpha value is -2.86. The Kier molecular flexibility index (Phi) is 7.33. The fourth-order valence-corrected chi connectivity index (χ4v) is 4.52. The molecule has 1 atom stereocenters. The second kappa shape index (κ2) is 9.96. The van der Waals surface area contributed by atoms with Crippen LogP contribution in [0, 0.1) is 19.8 Å². The van der Waals surface area contributed by atoms with Crippen LogP contribution in [0.5, 0.6) is 0 Å². The number of aromatic nitrogens is 2. The van der Waals surface area contributed by atoms with Gasteiger partial charge in [0.2, 0.25) is 5.91 Å². The number of carbonyl (C=O) groups excluding carboxylic acids is 2. The lowest BCUT2D eigenvalue weighted by atomic mass is 10.1. The van der Waals surface area contributed by atoms with Crippen molar-refractivity contribution in [2.45, 2.75) is 51.6 Å². The Labute approximate surface area is 188 Å². The molecule has 0 saturated carbocycles. The molecular formula is C25H29N3O2S. The SMILES string of the molecule is CC(=O)c1cccc(NC(=O)C(Sc2nc(C)c(C)n2CC(C)C)c2ccccc2)c1. The first-order chi connectivity index (χ1) is 14.8. The minimum absolute atomic E-state index is 0.0354. The monoisotopic (exact) mass is 435 g/mol. The quantitative estimate of drug-likeness (QED) is 0.357. The van der Waals surface area contributed by atoms with Crippen LogP contribution >= 0.6 is 11.8 Å². The van der Waals surface area contributed by atoms with E-state index in [0.717, 1.165) is 28.7 Å². The van der Waals surface area contributed by atoms with Crippen LogP contribution in [-0.4, -0.2) is 21.2 Å². The molecule has 0 saturated heterocycles. The van der Waals surface area contributed by atoms with Gasteiger partial charge >= 0.3 is 0 Å². The van der Waals surface area contributed by atoms with Crippen molar-refractivity contribution in [1.29, 1.82) is 0 Å². The normalized spacial score (nSPS) is 12.1. The van der Waals surface area contributed by atoms with Gasteiger partial charge in [-0.25, -0.2) is 4.98 Å². The molecule has 0 aliphatic rings. The summed E-state index contributed by atoms with van der Waals surface area (Å²) in [7, 11) is 0. The van der Waals surface area contributed by atoms with Crippen LogP contribution in [-0.2, 0) is 11.3 Å². The molecule has 1 heterocycles. The third-order valence-corrected chi connectivity index (χ3v) is 6.32. The van der Waals surface area contributed by atoms with Crippen LogP contribution in [0.3, 0.4) is 0 Å². The summed E-state index contributed by atoms with van der Waals surface area (Å²) in [6.07, 6.45) is 0. The number of nitrogens with zero attached hydrogens (tertiary/aromatic N) is 2. The van der Waals surface area contributed by atoms with Gasteiger partial charge in [-0.1, -0.05) is 68.1 Å². The fourth-order valence-electron chi connectivity index (χ4n) is 3.32. The number of rotatable bonds is 8. The van der Waals surface area contributed by atoms with Gasteiger partial charge in [0.1, 0.15) is 5.25 Å². The molecule has 0 fully saturated rings. The zero-order valence-corrected chi connectivity index (χ0v) is 19.5. The van der Waals surface area contributed by atoms with Crippen molar-refractivity contribution in [3.8, 4) is 0 Å². The number of thioether (sulfide) groups is 1. The molecule has 5 nitrogen and oxygen atoms in total. The van der Waals surface area contributed by atoms with Gasteiger partial charge in [-0.15, -0.1) is 0 Å². The number of imidazole rings is 1. The molecule has 1 amide bonds. The molecule has 162 valence electrons. The van der Waals surface area contributed by atoms with E-state index in [0.29, 0.717) is 17.2 Å². The molecule has 0 aliphatic heterocycles. The summed E-state index contributed by atoms with van der Waals surface area (Å²) >= 11 is 1.46. The summed E-state index contributed by atoms with van der Waals surface area (Å²) < 4.78 is 2.20. The van der Waals surface area contributed by atoms with E-state index in [1.165, 1.54) is 18.7 Å². The fraction of sp³-hybridized carbons (Fsp3) is 0.320. The van der Waals surface area contributed by atoms with Crippen molar-refractivity contribution in [2.75, 3.05) is 5.32 Å². The van der Waals surface area contributed by atoms with Gasteiger partial charge in [-0.3, -0.25) is 9.59 Å². The molecule has 0 aliphatic carbocycles. The van der Waals surface area contributed by atoms with E-state index in [-0.39, 0.29) is 11.7 Å². The van der Waals surface area contributed by atoms with Crippen molar-refractivity contribution >= 4 is 29.1 Å². The number of aryl methyl sites for hydroxylation is 1. The van der Waals surface area contributed by atoms with Gasteiger partial charge in [0.25, 0.3) is 0 Å². The minimum Gasteiger partial charge on any atom is -0.325 e. The molecule has 1 aromatic heterocycles. The first kappa shape index (κ1) is 22.8. The number of hydrogen-bond donors (Lipinski definition) is 1. The molecule has 0 radical (unpaired) electrons. The van der Waals surface area contributed by atoms with E-state index in [2.05, 4.69) is 30.7 Å². The first-order valence-electron chi connectivity index (χ1n) is 10.4. The number of ketones is 1. The molecule has 1 unspecified atom stereocenters. The van der Waals surface area contributed by atoms with Gasteiger partial charge in [-0.05, 0) is 44.4 Å².